The number of carbonyl (C=O) groups is 1. The number of nitrogens with zero attached hydrogens (tertiary/aromatic N) is 2. The van der Waals surface area contributed by atoms with Crippen molar-refractivity contribution in [2.24, 2.45) is 0 Å². The van der Waals surface area contributed by atoms with E-state index < -0.39 is 0 Å². The molecule has 0 N–H and O–H groups in total. The van der Waals surface area contributed by atoms with Crippen LogP contribution in [0.5, 0.6) is 0 Å². The first-order valence-corrected chi connectivity index (χ1v) is 11.5. The molecule has 0 fully saturated rings. The van der Waals surface area contributed by atoms with E-state index in [-0.39, 0.29) is 5.91 Å². The van der Waals surface area contributed by atoms with E-state index in [4.69, 9.17) is 0 Å². The van der Waals surface area contributed by atoms with Crippen molar-refractivity contribution >= 4 is 27.7 Å². The van der Waals surface area contributed by atoms with Crippen molar-refractivity contribution in [2.45, 2.75) is 13.5 Å². The first-order valence-electron chi connectivity index (χ1n) is 11.5. The first-order chi connectivity index (χ1) is 16.7. The van der Waals surface area contributed by atoms with Crippen LogP contribution in [-0.4, -0.2) is 15.0 Å². The third-order valence-electron chi connectivity index (χ3n) is 6.59. The first kappa shape index (κ1) is 20.3. The van der Waals surface area contributed by atoms with Gasteiger partial charge in [0.2, 0.25) is 0 Å². The Labute approximate surface area is 198 Å². The lowest BCUT2D eigenvalue weighted by Crippen LogP contribution is -2.12. The summed E-state index contributed by atoms with van der Waals surface area (Å²) in [7, 11) is 0. The Hall–Kier alpha value is -4.37. The second-order valence-electron chi connectivity index (χ2n) is 8.78. The molecule has 3 nitrogen and oxygen atoms in total. The van der Waals surface area contributed by atoms with Crippen LogP contribution in [0.15, 0.2) is 116 Å². The average Bonchev–Trinajstić information content (AvgIpc) is 3.48. The second-order valence-corrected chi connectivity index (χ2v) is 8.78. The van der Waals surface area contributed by atoms with Gasteiger partial charge in [0.15, 0.2) is 0 Å². The molecule has 0 unspecified atom stereocenters. The van der Waals surface area contributed by atoms with Gasteiger partial charge in [-0.05, 0) is 64.9 Å². The molecule has 3 heteroatoms. The lowest BCUT2D eigenvalue weighted by atomic mass is 10.0. The van der Waals surface area contributed by atoms with Gasteiger partial charge in [-0.3, -0.25) is 9.36 Å². The molecule has 0 aliphatic carbocycles. The molecule has 0 atom stereocenters. The van der Waals surface area contributed by atoms with Crippen molar-refractivity contribution in [1.29, 1.82) is 0 Å². The molecule has 6 aromatic rings. The summed E-state index contributed by atoms with van der Waals surface area (Å²) in [4.78, 5) is 13.3. The monoisotopic (exact) mass is 440 g/mol. The number of aryl methyl sites for hydroxylation is 1. The normalized spacial score (nSPS) is 11.3. The van der Waals surface area contributed by atoms with Gasteiger partial charge in [-0.2, -0.15) is 0 Å². The van der Waals surface area contributed by atoms with Crippen LogP contribution in [0.25, 0.3) is 32.9 Å². The van der Waals surface area contributed by atoms with Crippen LogP contribution >= 0.6 is 0 Å². The van der Waals surface area contributed by atoms with Gasteiger partial charge in [0.1, 0.15) is 0 Å². The number of carbonyl (C=O) groups excluding carboxylic acids is 1. The standard InChI is InChI=1S/C31H24N2O/c1-22-7-5-6-10-28(22)31(34)33-18-16-25-12-14-27(20-30(25)33)26-13-11-24-15-17-32(29(24)19-26)21-23-8-3-2-4-9-23/h2-20H,21H2,1H3. The molecule has 0 amide bonds. The predicted molar refractivity (Wildman–Crippen MR) is 139 cm³/mol. The minimum atomic E-state index is -0.00237. The minimum Gasteiger partial charge on any atom is -0.343 e. The Bertz CT molecular complexity index is 1650. The van der Waals surface area contributed by atoms with Crippen LogP contribution in [0.2, 0.25) is 0 Å². The maximum absolute atomic E-state index is 13.3. The van der Waals surface area contributed by atoms with E-state index in [1.54, 1.807) is 4.57 Å². The van der Waals surface area contributed by atoms with Gasteiger partial charge in [-0.25, -0.2) is 0 Å². The summed E-state index contributed by atoms with van der Waals surface area (Å²) < 4.78 is 4.05. The summed E-state index contributed by atoms with van der Waals surface area (Å²) in [5.74, 6) is -0.00237. The molecule has 0 bridgehead atoms. The molecule has 0 saturated carbocycles. The van der Waals surface area contributed by atoms with E-state index in [9.17, 15) is 4.79 Å². The smallest absolute Gasteiger partial charge is 0.262 e. The van der Waals surface area contributed by atoms with Gasteiger partial charge in [0.25, 0.3) is 5.91 Å². The highest BCUT2D eigenvalue weighted by molar-refractivity contribution is 6.03. The molecule has 0 radical (unpaired) electrons. The number of hydrogen-bond donors (Lipinski definition) is 0. The third kappa shape index (κ3) is 3.52. The maximum atomic E-state index is 13.3. The van der Waals surface area contributed by atoms with E-state index >= 15 is 0 Å². The molecular weight excluding hydrogens is 416 g/mol. The van der Waals surface area contributed by atoms with E-state index in [0.29, 0.717) is 0 Å². The fourth-order valence-corrected chi connectivity index (χ4v) is 4.71. The molecule has 0 saturated heterocycles. The summed E-state index contributed by atoms with van der Waals surface area (Å²) in [5.41, 5.74) is 7.34. The number of aromatic nitrogens is 2. The summed E-state index contributed by atoms with van der Waals surface area (Å²) in [6, 6.07) is 35.4. The van der Waals surface area contributed by atoms with Gasteiger partial charge < -0.3 is 4.57 Å². The molecule has 2 heterocycles. The Morgan fingerprint density at radius 2 is 1.32 bits per heavy atom. The molecule has 34 heavy (non-hydrogen) atoms. The lowest BCUT2D eigenvalue weighted by molar-refractivity contribution is 0.0964. The number of fused-ring (bicyclic) bond motifs is 2. The second kappa shape index (κ2) is 8.20. The van der Waals surface area contributed by atoms with Gasteiger partial charge in [-0.15, -0.1) is 0 Å². The fourth-order valence-electron chi connectivity index (χ4n) is 4.71. The molecule has 164 valence electrons. The Morgan fingerprint density at radius 1 is 0.676 bits per heavy atom. The van der Waals surface area contributed by atoms with Crippen molar-refractivity contribution in [3.63, 3.8) is 0 Å². The van der Waals surface area contributed by atoms with E-state index in [1.807, 2.05) is 49.5 Å². The highest BCUT2D eigenvalue weighted by Gasteiger charge is 2.14. The fraction of sp³-hybridized carbons (Fsp3) is 0.0645. The van der Waals surface area contributed by atoms with E-state index in [0.717, 1.165) is 39.7 Å². The quantitative estimate of drug-likeness (QED) is 0.282. The highest BCUT2D eigenvalue weighted by Crippen LogP contribution is 2.29. The van der Waals surface area contributed by atoms with Crippen LogP contribution in [0, 0.1) is 6.92 Å². The minimum absolute atomic E-state index is 0.00237. The zero-order chi connectivity index (χ0) is 23.1. The zero-order valence-electron chi connectivity index (χ0n) is 19.0. The van der Waals surface area contributed by atoms with Gasteiger partial charge in [-0.1, -0.05) is 72.8 Å². The Kier molecular flexibility index (Phi) is 4.88. The van der Waals surface area contributed by atoms with Crippen LogP contribution in [-0.2, 0) is 6.54 Å². The van der Waals surface area contributed by atoms with Gasteiger partial charge in [0, 0.05) is 35.4 Å². The van der Waals surface area contributed by atoms with E-state index in [2.05, 4.69) is 77.5 Å². The average molecular weight is 441 g/mol. The Balaban J connectivity index is 1.41. The van der Waals surface area contributed by atoms with Gasteiger partial charge >= 0.3 is 0 Å². The molecule has 0 spiro atoms. The predicted octanol–water partition coefficient (Wildman–Crippen LogP) is 7.31. The summed E-state index contributed by atoms with van der Waals surface area (Å²) in [6.45, 7) is 2.81. The zero-order valence-corrected chi connectivity index (χ0v) is 19.0. The summed E-state index contributed by atoms with van der Waals surface area (Å²) >= 11 is 0. The van der Waals surface area contributed by atoms with Crippen LogP contribution in [0.4, 0.5) is 0 Å². The molecule has 0 aliphatic heterocycles. The Morgan fingerprint density at radius 3 is 2.09 bits per heavy atom. The molecule has 6 rings (SSSR count). The maximum Gasteiger partial charge on any atom is 0.262 e. The van der Waals surface area contributed by atoms with Crippen LogP contribution in [0.1, 0.15) is 21.5 Å². The number of benzene rings is 4. The third-order valence-corrected chi connectivity index (χ3v) is 6.59. The van der Waals surface area contributed by atoms with Crippen molar-refractivity contribution in [3.8, 4) is 11.1 Å². The molecular formula is C31H24N2O. The number of rotatable bonds is 4. The molecule has 0 aliphatic rings. The highest BCUT2D eigenvalue weighted by atomic mass is 16.2. The number of hydrogen-bond acceptors (Lipinski definition) is 1. The van der Waals surface area contributed by atoms with Crippen LogP contribution in [0.3, 0.4) is 0 Å². The summed E-state index contributed by atoms with van der Waals surface area (Å²) in [6.07, 6.45) is 4.02. The van der Waals surface area contributed by atoms with Gasteiger partial charge in [0.05, 0.1) is 5.52 Å². The summed E-state index contributed by atoms with van der Waals surface area (Å²) in [5, 5.41) is 2.28. The molecule has 4 aromatic carbocycles. The van der Waals surface area contributed by atoms with Crippen molar-refractivity contribution in [3.05, 3.63) is 132 Å². The van der Waals surface area contributed by atoms with Crippen molar-refractivity contribution in [2.75, 3.05) is 0 Å². The van der Waals surface area contributed by atoms with Crippen molar-refractivity contribution < 1.29 is 4.79 Å². The van der Waals surface area contributed by atoms with E-state index in [1.165, 1.54) is 16.5 Å². The van der Waals surface area contributed by atoms with Crippen molar-refractivity contribution in [1.82, 2.24) is 9.13 Å². The molecule has 2 aromatic heterocycles. The topological polar surface area (TPSA) is 26.9 Å². The largest absolute Gasteiger partial charge is 0.343 e. The van der Waals surface area contributed by atoms with Crippen LogP contribution < -0.4 is 0 Å². The lowest BCUT2D eigenvalue weighted by Gasteiger charge is -2.10. The SMILES string of the molecule is Cc1ccccc1C(=O)n1ccc2ccc(-c3ccc4ccn(Cc5ccccc5)c4c3)cc21.